The molecule has 8 nitrogen and oxygen atoms in total. The summed E-state index contributed by atoms with van der Waals surface area (Å²) in [4.78, 5) is 30.4. The van der Waals surface area contributed by atoms with E-state index in [4.69, 9.17) is 13.9 Å². The largest absolute Gasteiger partial charge is 0.440 e. The van der Waals surface area contributed by atoms with E-state index < -0.39 is 11.6 Å². The first-order chi connectivity index (χ1) is 18.5. The predicted molar refractivity (Wildman–Crippen MR) is 140 cm³/mol. The fraction of sp³-hybridized carbons (Fsp3) is 0.429. The van der Waals surface area contributed by atoms with Gasteiger partial charge in [-0.05, 0) is 37.5 Å². The molecule has 0 bridgehead atoms. The Morgan fingerprint density at radius 2 is 1.76 bits per heavy atom. The van der Waals surface area contributed by atoms with Crippen LogP contribution in [-0.4, -0.2) is 58.0 Å². The third-order valence-electron chi connectivity index (χ3n) is 7.50. The van der Waals surface area contributed by atoms with Gasteiger partial charge in [-0.1, -0.05) is 0 Å². The maximum Gasteiger partial charge on any atom is 0.251 e. The molecule has 3 aliphatic heterocycles. The SMILES string of the molecule is O=C(NC1CCOCC1)c1cc(CN2CCc3c(F)cc(F)cc32)c2oc(N3CCOCC3)cc(=O)c2c1.[HH]. The van der Waals surface area contributed by atoms with Gasteiger partial charge in [0.1, 0.15) is 17.2 Å². The van der Waals surface area contributed by atoms with Crippen LogP contribution in [0.2, 0.25) is 0 Å². The van der Waals surface area contributed by atoms with Crippen LogP contribution in [0.25, 0.3) is 11.0 Å². The molecular formula is C28H31F2N3O5. The van der Waals surface area contributed by atoms with Crippen molar-refractivity contribution in [3.05, 3.63) is 68.9 Å². The van der Waals surface area contributed by atoms with Gasteiger partial charge in [0.05, 0.1) is 18.6 Å². The van der Waals surface area contributed by atoms with Gasteiger partial charge in [0.15, 0.2) is 11.3 Å². The number of anilines is 2. The smallest absolute Gasteiger partial charge is 0.251 e. The average molecular weight is 528 g/mol. The molecule has 0 spiro atoms. The summed E-state index contributed by atoms with van der Waals surface area (Å²) in [5, 5.41) is 3.34. The van der Waals surface area contributed by atoms with E-state index in [9.17, 15) is 18.4 Å². The molecule has 38 heavy (non-hydrogen) atoms. The Labute approximate surface area is 219 Å². The van der Waals surface area contributed by atoms with E-state index in [2.05, 4.69) is 5.32 Å². The minimum atomic E-state index is -0.649. The standard InChI is InChI=1S/C28H29F2N3O5.H2/c29-19-13-23(30)21-1-4-33(24(21)14-19)16-18-11-17(28(35)31-20-2-7-36-8-3-20)12-22-25(34)15-26(38-27(18)22)32-5-9-37-10-6-32;/h11-15,20H,1-10,16H2,(H,31,35);1H. The molecule has 6 rings (SSSR count). The van der Waals surface area contributed by atoms with Gasteiger partial charge < -0.3 is 29.0 Å². The zero-order valence-corrected chi connectivity index (χ0v) is 20.9. The van der Waals surface area contributed by atoms with Crippen LogP contribution in [0, 0.1) is 11.6 Å². The second kappa shape index (κ2) is 10.3. The lowest BCUT2D eigenvalue weighted by Crippen LogP contribution is -2.39. The fourth-order valence-corrected chi connectivity index (χ4v) is 5.47. The fourth-order valence-electron chi connectivity index (χ4n) is 5.47. The Bertz CT molecular complexity index is 1440. The first kappa shape index (κ1) is 24.8. The predicted octanol–water partition coefficient (Wildman–Crippen LogP) is 3.63. The molecule has 0 unspecified atom stereocenters. The first-order valence-electron chi connectivity index (χ1n) is 13.0. The second-order valence-corrected chi connectivity index (χ2v) is 9.98. The molecule has 2 saturated heterocycles. The Morgan fingerprint density at radius 3 is 2.55 bits per heavy atom. The van der Waals surface area contributed by atoms with Crippen molar-refractivity contribution in [3.63, 3.8) is 0 Å². The maximum absolute atomic E-state index is 14.4. The second-order valence-electron chi connectivity index (χ2n) is 9.98. The molecule has 2 fully saturated rings. The number of amides is 1. The molecule has 1 amide bonds. The Kier molecular flexibility index (Phi) is 6.75. The number of nitrogens with one attached hydrogen (secondary N) is 1. The number of benzene rings is 2. The molecule has 2 aromatic carbocycles. The van der Waals surface area contributed by atoms with Gasteiger partial charge >= 0.3 is 0 Å². The Hall–Kier alpha value is -3.50. The van der Waals surface area contributed by atoms with E-state index in [-0.39, 0.29) is 25.3 Å². The molecule has 10 heteroatoms. The van der Waals surface area contributed by atoms with Crippen molar-refractivity contribution >= 4 is 28.4 Å². The van der Waals surface area contributed by atoms with Crippen molar-refractivity contribution in [2.75, 3.05) is 55.9 Å². The van der Waals surface area contributed by atoms with Crippen molar-refractivity contribution in [1.82, 2.24) is 5.32 Å². The minimum Gasteiger partial charge on any atom is -0.440 e. The zero-order valence-electron chi connectivity index (χ0n) is 20.9. The lowest BCUT2D eigenvalue weighted by molar-refractivity contribution is 0.0696. The summed E-state index contributed by atoms with van der Waals surface area (Å²) < 4.78 is 45.6. The minimum absolute atomic E-state index is 0. The van der Waals surface area contributed by atoms with E-state index in [0.717, 1.165) is 18.9 Å². The summed E-state index contributed by atoms with van der Waals surface area (Å²) in [5.41, 5.74) is 1.99. The number of halogens is 2. The lowest BCUT2D eigenvalue weighted by atomic mass is 10.0. The Balaban J connectivity index is 0.00000308. The molecule has 0 aliphatic carbocycles. The zero-order chi connectivity index (χ0) is 26.2. The number of ether oxygens (including phenoxy) is 2. The van der Waals surface area contributed by atoms with Crippen LogP contribution in [0.4, 0.5) is 20.4 Å². The molecule has 0 saturated carbocycles. The van der Waals surface area contributed by atoms with Crippen molar-refractivity contribution in [1.29, 1.82) is 0 Å². The summed E-state index contributed by atoms with van der Waals surface area (Å²) in [6.45, 7) is 4.11. The summed E-state index contributed by atoms with van der Waals surface area (Å²) in [6.07, 6.45) is 1.88. The van der Waals surface area contributed by atoms with Crippen molar-refractivity contribution in [3.8, 4) is 0 Å². The number of fused-ring (bicyclic) bond motifs is 2. The summed E-state index contributed by atoms with van der Waals surface area (Å²) in [5.74, 6) is -1.07. The molecule has 0 radical (unpaired) electrons. The van der Waals surface area contributed by atoms with Gasteiger partial charge in [-0.25, -0.2) is 8.78 Å². The summed E-state index contributed by atoms with van der Waals surface area (Å²) >= 11 is 0. The van der Waals surface area contributed by atoms with Crippen LogP contribution >= 0.6 is 0 Å². The van der Waals surface area contributed by atoms with E-state index in [1.54, 1.807) is 12.1 Å². The molecule has 0 atom stereocenters. The topological polar surface area (TPSA) is 84.2 Å². The number of rotatable bonds is 5. The molecule has 1 aromatic heterocycles. The van der Waals surface area contributed by atoms with Gasteiger partial charge in [0.2, 0.25) is 0 Å². The quantitative estimate of drug-likeness (QED) is 0.543. The van der Waals surface area contributed by atoms with Gasteiger partial charge in [0, 0.05) is 81.4 Å². The highest BCUT2D eigenvalue weighted by atomic mass is 19.1. The number of hydrogen-bond acceptors (Lipinski definition) is 7. The van der Waals surface area contributed by atoms with Crippen LogP contribution in [0.15, 0.2) is 39.5 Å². The van der Waals surface area contributed by atoms with E-state index >= 15 is 0 Å². The number of carbonyl (C=O) groups is 1. The van der Waals surface area contributed by atoms with E-state index in [0.29, 0.717) is 91.7 Å². The third-order valence-corrected chi connectivity index (χ3v) is 7.50. The van der Waals surface area contributed by atoms with Gasteiger partial charge in [0.25, 0.3) is 5.91 Å². The molecule has 1 N–H and O–H groups in total. The van der Waals surface area contributed by atoms with Crippen LogP contribution in [0.1, 0.15) is 35.8 Å². The monoisotopic (exact) mass is 527 g/mol. The lowest BCUT2D eigenvalue weighted by Gasteiger charge is -2.27. The van der Waals surface area contributed by atoms with Crippen LogP contribution in [-0.2, 0) is 22.4 Å². The molecular weight excluding hydrogens is 496 g/mol. The van der Waals surface area contributed by atoms with Crippen LogP contribution < -0.4 is 20.5 Å². The molecule has 3 aliphatic rings. The first-order valence-corrected chi connectivity index (χ1v) is 13.0. The van der Waals surface area contributed by atoms with Gasteiger partial charge in [-0.15, -0.1) is 0 Å². The Morgan fingerprint density at radius 1 is 1.00 bits per heavy atom. The van der Waals surface area contributed by atoms with Crippen molar-refractivity contribution < 1.29 is 28.9 Å². The number of morpholine rings is 1. The van der Waals surface area contributed by atoms with Crippen molar-refractivity contribution in [2.24, 2.45) is 0 Å². The third kappa shape index (κ3) is 4.86. The van der Waals surface area contributed by atoms with Gasteiger partial charge in [-0.3, -0.25) is 9.59 Å². The highest BCUT2D eigenvalue weighted by molar-refractivity contribution is 5.99. The molecule has 3 aromatic rings. The number of nitrogens with zero attached hydrogens (tertiary/aromatic N) is 2. The van der Waals surface area contributed by atoms with E-state index in [1.165, 1.54) is 12.1 Å². The summed E-state index contributed by atoms with van der Waals surface area (Å²) in [7, 11) is 0. The number of carbonyl (C=O) groups excluding carboxylic acids is 1. The maximum atomic E-state index is 14.4. The van der Waals surface area contributed by atoms with Crippen LogP contribution in [0.3, 0.4) is 0 Å². The highest BCUT2D eigenvalue weighted by Gasteiger charge is 2.26. The number of hydrogen-bond donors (Lipinski definition) is 1. The normalized spacial score (nSPS) is 18.2. The average Bonchev–Trinajstić information content (AvgIpc) is 3.32. The highest BCUT2D eigenvalue weighted by Crippen LogP contribution is 2.34. The van der Waals surface area contributed by atoms with E-state index in [1.807, 2.05) is 9.80 Å². The van der Waals surface area contributed by atoms with Gasteiger partial charge in [-0.2, -0.15) is 0 Å². The summed E-state index contributed by atoms with van der Waals surface area (Å²) in [6, 6.07) is 6.95. The molecule has 202 valence electrons. The van der Waals surface area contributed by atoms with Crippen molar-refractivity contribution in [2.45, 2.75) is 31.8 Å². The van der Waals surface area contributed by atoms with Crippen LogP contribution in [0.5, 0.6) is 0 Å². The molecule has 4 heterocycles.